The van der Waals surface area contributed by atoms with Crippen LogP contribution in [-0.2, 0) is 6.54 Å². The molecule has 1 heterocycles. The van der Waals surface area contributed by atoms with Crippen LogP contribution in [0, 0.1) is 0 Å². The Bertz CT molecular complexity index is 732. The van der Waals surface area contributed by atoms with Crippen LogP contribution in [0.25, 0.3) is 0 Å². The zero-order valence-electron chi connectivity index (χ0n) is 17.4. The van der Waals surface area contributed by atoms with E-state index in [-0.39, 0.29) is 29.7 Å². The minimum Gasteiger partial charge on any atom is -0.435 e. The fraction of sp³-hybridized carbons (Fsp3) is 0.429. The third-order valence-electron chi connectivity index (χ3n) is 4.08. The molecule has 1 aromatic carbocycles. The van der Waals surface area contributed by atoms with Gasteiger partial charge in [0.15, 0.2) is 5.96 Å². The fourth-order valence-corrected chi connectivity index (χ4v) is 2.70. The summed E-state index contributed by atoms with van der Waals surface area (Å²) in [6.45, 7) is 2.17. The highest BCUT2D eigenvalue weighted by molar-refractivity contribution is 14.0. The molecule has 9 heteroatoms. The molecule has 0 bridgehead atoms. The maximum Gasteiger partial charge on any atom is 0.387 e. The van der Waals surface area contributed by atoms with E-state index in [1.807, 2.05) is 37.1 Å². The van der Waals surface area contributed by atoms with E-state index in [1.54, 1.807) is 30.5 Å². The van der Waals surface area contributed by atoms with E-state index in [4.69, 9.17) is 0 Å². The SMILES string of the molecule is CCNC(=NCCCCNc1ccccn1)N(C)Cc1ccc(OC(F)F)cc1.I. The van der Waals surface area contributed by atoms with Crippen LogP contribution in [0.5, 0.6) is 5.75 Å². The van der Waals surface area contributed by atoms with Crippen LogP contribution in [-0.4, -0.2) is 49.1 Å². The largest absolute Gasteiger partial charge is 0.435 e. The molecule has 30 heavy (non-hydrogen) atoms. The summed E-state index contributed by atoms with van der Waals surface area (Å²) in [6, 6.07) is 12.5. The average Bonchev–Trinajstić information content (AvgIpc) is 2.71. The molecule has 2 N–H and O–H groups in total. The summed E-state index contributed by atoms with van der Waals surface area (Å²) >= 11 is 0. The number of pyridine rings is 1. The van der Waals surface area contributed by atoms with Crippen LogP contribution >= 0.6 is 24.0 Å². The highest BCUT2D eigenvalue weighted by Gasteiger charge is 2.08. The molecular formula is C21H30F2IN5O. The van der Waals surface area contributed by atoms with E-state index in [0.29, 0.717) is 6.54 Å². The molecule has 0 saturated carbocycles. The number of unbranched alkanes of at least 4 members (excludes halogenated alkanes) is 1. The van der Waals surface area contributed by atoms with Gasteiger partial charge in [-0.2, -0.15) is 8.78 Å². The number of aliphatic imine (C=N–C) groups is 1. The Balaban J connectivity index is 0.00000450. The number of rotatable bonds is 11. The number of anilines is 1. The van der Waals surface area contributed by atoms with Crippen LogP contribution in [0.4, 0.5) is 14.6 Å². The normalized spacial score (nSPS) is 11.0. The highest BCUT2D eigenvalue weighted by Crippen LogP contribution is 2.15. The number of alkyl halides is 2. The Morgan fingerprint density at radius 3 is 2.57 bits per heavy atom. The summed E-state index contributed by atoms with van der Waals surface area (Å²) in [7, 11) is 1.95. The number of nitrogens with one attached hydrogen (secondary N) is 2. The Kier molecular flexibility index (Phi) is 12.7. The van der Waals surface area contributed by atoms with Gasteiger partial charge < -0.3 is 20.3 Å². The van der Waals surface area contributed by atoms with Crippen molar-refractivity contribution in [1.29, 1.82) is 0 Å². The molecule has 0 radical (unpaired) electrons. The van der Waals surface area contributed by atoms with Crippen LogP contribution < -0.4 is 15.4 Å². The molecule has 6 nitrogen and oxygen atoms in total. The summed E-state index contributed by atoms with van der Waals surface area (Å²) in [4.78, 5) is 10.9. The number of aromatic nitrogens is 1. The van der Waals surface area contributed by atoms with E-state index < -0.39 is 6.61 Å². The Morgan fingerprint density at radius 2 is 1.93 bits per heavy atom. The van der Waals surface area contributed by atoms with Crippen molar-refractivity contribution in [2.45, 2.75) is 32.9 Å². The number of hydrogen-bond donors (Lipinski definition) is 2. The van der Waals surface area contributed by atoms with Crippen LogP contribution in [0.3, 0.4) is 0 Å². The Hall–Kier alpha value is -2.17. The highest BCUT2D eigenvalue weighted by atomic mass is 127. The van der Waals surface area contributed by atoms with Gasteiger partial charge in [0.25, 0.3) is 0 Å². The second kappa shape index (κ2) is 14.8. The first-order valence-corrected chi connectivity index (χ1v) is 9.76. The first-order valence-electron chi connectivity index (χ1n) is 9.76. The topological polar surface area (TPSA) is 61.8 Å². The molecule has 0 fully saturated rings. The standard InChI is InChI=1S/C21H29F2N5O.HI/c1-3-24-21(27-15-7-6-14-26-19-8-4-5-13-25-19)28(2)16-17-9-11-18(12-10-17)29-20(22)23;/h4-5,8-13,20H,3,6-7,14-16H2,1-2H3,(H,24,27)(H,25,26);1H. The molecule has 0 aliphatic rings. The summed E-state index contributed by atoms with van der Waals surface area (Å²) < 4.78 is 28.9. The van der Waals surface area contributed by atoms with Crippen molar-refractivity contribution in [3.63, 3.8) is 0 Å². The van der Waals surface area contributed by atoms with E-state index >= 15 is 0 Å². The number of nitrogens with zero attached hydrogens (tertiary/aromatic N) is 3. The summed E-state index contributed by atoms with van der Waals surface area (Å²) in [5.41, 5.74) is 0.985. The number of hydrogen-bond acceptors (Lipinski definition) is 4. The van der Waals surface area contributed by atoms with Gasteiger partial charge in [-0.1, -0.05) is 18.2 Å². The Morgan fingerprint density at radius 1 is 1.17 bits per heavy atom. The summed E-state index contributed by atoms with van der Waals surface area (Å²) in [5.74, 6) is 1.86. The van der Waals surface area contributed by atoms with Crippen molar-refractivity contribution in [1.82, 2.24) is 15.2 Å². The predicted octanol–water partition coefficient (Wildman–Crippen LogP) is 4.59. The number of ether oxygens (including phenoxy) is 1. The predicted molar refractivity (Wildman–Crippen MR) is 128 cm³/mol. The molecule has 0 aliphatic heterocycles. The first-order chi connectivity index (χ1) is 14.1. The van der Waals surface area contributed by atoms with Crippen LogP contribution in [0.15, 0.2) is 53.7 Å². The van der Waals surface area contributed by atoms with Gasteiger partial charge in [-0.25, -0.2) is 4.98 Å². The summed E-state index contributed by atoms with van der Waals surface area (Å²) in [5, 5.41) is 6.57. The van der Waals surface area contributed by atoms with Crippen LogP contribution in [0.2, 0.25) is 0 Å². The van der Waals surface area contributed by atoms with Crippen molar-refractivity contribution in [3.05, 3.63) is 54.2 Å². The smallest absolute Gasteiger partial charge is 0.387 e. The number of benzene rings is 1. The molecule has 166 valence electrons. The van der Waals surface area contributed by atoms with Gasteiger partial charge in [0.1, 0.15) is 11.6 Å². The second-order valence-electron chi connectivity index (χ2n) is 6.46. The minimum absolute atomic E-state index is 0. The molecule has 1 aromatic heterocycles. The van der Waals surface area contributed by atoms with Crippen LogP contribution in [0.1, 0.15) is 25.3 Å². The molecule has 0 amide bonds. The van der Waals surface area contributed by atoms with E-state index in [2.05, 4.69) is 25.3 Å². The Labute approximate surface area is 194 Å². The zero-order chi connectivity index (χ0) is 20.9. The second-order valence-corrected chi connectivity index (χ2v) is 6.46. The lowest BCUT2D eigenvalue weighted by Crippen LogP contribution is -2.38. The van der Waals surface area contributed by atoms with E-state index in [9.17, 15) is 8.78 Å². The monoisotopic (exact) mass is 533 g/mol. The maximum absolute atomic E-state index is 12.2. The minimum atomic E-state index is -2.81. The molecule has 0 unspecified atom stereocenters. The van der Waals surface area contributed by atoms with Crippen molar-refractivity contribution in [2.24, 2.45) is 4.99 Å². The van der Waals surface area contributed by atoms with E-state index in [0.717, 1.165) is 49.8 Å². The van der Waals surface area contributed by atoms with Crippen molar-refractivity contribution < 1.29 is 13.5 Å². The molecule has 0 saturated heterocycles. The lowest BCUT2D eigenvalue weighted by Gasteiger charge is -2.22. The zero-order valence-corrected chi connectivity index (χ0v) is 19.7. The molecule has 0 spiro atoms. The van der Waals surface area contributed by atoms with Crippen molar-refractivity contribution >= 4 is 35.8 Å². The molecule has 2 rings (SSSR count). The molecule has 0 atom stereocenters. The lowest BCUT2D eigenvalue weighted by atomic mass is 10.2. The fourth-order valence-electron chi connectivity index (χ4n) is 2.70. The van der Waals surface area contributed by atoms with E-state index in [1.165, 1.54) is 0 Å². The third-order valence-corrected chi connectivity index (χ3v) is 4.08. The molecule has 2 aromatic rings. The average molecular weight is 533 g/mol. The third kappa shape index (κ3) is 10.0. The van der Waals surface area contributed by atoms with Gasteiger partial charge >= 0.3 is 6.61 Å². The van der Waals surface area contributed by atoms with Gasteiger partial charge in [0, 0.05) is 39.4 Å². The first kappa shape index (κ1) is 25.9. The van der Waals surface area contributed by atoms with Gasteiger partial charge in [0.2, 0.25) is 0 Å². The molecular weight excluding hydrogens is 503 g/mol. The number of guanidine groups is 1. The van der Waals surface area contributed by atoms with Gasteiger partial charge in [-0.05, 0) is 49.6 Å². The summed E-state index contributed by atoms with van der Waals surface area (Å²) in [6.07, 6.45) is 3.72. The van der Waals surface area contributed by atoms with Gasteiger partial charge in [-0.15, -0.1) is 24.0 Å². The quantitative estimate of drug-likeness (QED) is 0.192. The maximum atomic E-state index is 12.2. The lowest BCUT2D eigenvalue weighted by molar-refractivity contribution is -0.0498. The van der Waals surface area contributed by atoms with Crippen molar-refractivity contribution in [2.75, 3.05) is 32.0 Å². The van der Waals surface area contributed by atoms with Gasteiger partial charge in [-0.3, -0.25) is 4.99 Å². The molecule has 0 aliphatic carbocycles. The van der Waals surface area contributed by atoms with Crippen molar-refractivity contribution in [3.8, 4) is 5.75 Å². The number of halogens is 3. The van der Waals surface area contributed by atoms with Gasteiger partial charge in [0.05, 0.1) is 0 Å².